The Balaban J connectivity index is 2.21. The number of anilines is 1. The Hall–Kier alpha value is -2.39. The molecule has 1 aromatic carbocycles. The van der Waals surface area contributed by atoms with Crippen LogP contribution in [0.25, 0.3) is 0 Å². The van der Waals surface area contributed by atoms with Crippen molar-refractivity contribution in [3.63, 3.8) is 0 Å². The third-order valence-corrected chi connectivity index (χ3v) is 5.46. The summed E-state index contributed by atoms with van der Waals surface area (Å²) in [7, 11) is -2.63. The topological polar surface area (TPSA) is 98.8 Å². The van der Waals surface area contributed by atoms with Gasteiger partial charge in [0.05, 0.1) is 18.4 Å². The molecule has 23 heavy (non-hydrogen) atoms. The summed E-state index contributed by atoms with van der Waals surface area (Å²) in [6.07, 6.45) is 0. The van der Waals surface area contributed by atoms with Gasteiger partial charge in [-0.05, 0) is 23.6 Å². The number of hydrogen-bond donors (Lipinski definition) is 1. The highest BCUT2D eigenvalue weighted by Gasteiger charge is 2.20. The minimum Gasteiger partial charge on any atom is -0.466 e. The molecular formula is C14H13NO6S2. The van der Waals surface area contributed by atoms with E-state index in [-0.39, 0.29) is 15.5 Å². The number of rotatable bonds is 6. The van der Waals surface area contributed by atoms with Crippen LogP contribution in [0.5, 0.6) is 0 Å². The lowest BCUT2D eigenvalue weighted by molar-refractivity contribution is -0.144. The molecule has 0 spiro atoms. The monoisotopic (exact) mass is 355 g/mol. The van der Waals surface area contributed by atoms with Crippen molar-refractivity contribution in [2.75, 3.05) is 18.4 Å². The van der Waals surface area contributed by atoms with Crippen LogP contribution in [0.15, 0.2) is 46.0 Å². The van der Waals surface area contributed by atoms with Crippen LogP contribution in [0.4, 0.5) is 5.69 Å². The molecule has 0 aliphatic carbocycles. The lowest BCUT2D eigenvalue weighted by Crippen LogP contribution is -2.18. The third-order valence-electron chi connectivity index (χ3n) is 2.70. The molecule has 0 bridgehead atoms. The van der Waals surface area contributed by atoms with Gasteiger partial charge in [-0.3, -0.25) is 4.72 Å². The minimum absolute atomic E-state index is 0.00321. The number of nitrogens with one attached hydrogen (secondary N) is 1. The maximum atomic E-state index is 12.2. The van der Waals surface area contributed by atoms with Gasteiger partial charge in [-0.15, -0.1) is 11.3 Å². The van der Waals surface area contributed by atoms with Crippen LogP contribution < -0.4 is 4.72 Å². The first kappa shape index (κ1) is 17.0. The van der Waals surface area contributed by atoms with Gasteiger partial charge in [0.25, 0.3) is 10.0 Å². The lowest BCUT2D eigenvalue weighted by atomic mass is 10.2. The maximum absolute atomic E-state index is 12.2. The van der Waals surface area contributed by atoms with Crippen molar-refractivity contribution in [1.82, 2.24) is 0 Å². The third kappa shape index (κ3) is 4.30. The summed E-state index contributed by atoms with van der Waals surface area (Å²) >= 11 is 1.05. The number of hydrogen-bond acceptors (Lipinski definition) is 7. The van der Waals surface area contributed by atoms with Crippen LogP contribution in [0.2, 0.25) is 0 Å². The molecule has 0 saturated heterocycles. The Morgan fingerprint density at radius 2 is 1.91 bits per heavy atom. The number of sulfonamides is 1. The molecule has 0 saturated carbocycles. The number of methoxy groups -OCH3 is 1. The van der Waals surface area contributed by atoms with Crippen LogP contribution in [-0.2, 0) is 24.3 Å². The highest BCUT2D eigenvalue weighted by Crippen LogP contribution is 2.23. The second-order valence-corrected chi connectivity index (χ2v) is 7.09. The molecule has 7 nitrogen and oxygen atoms in total. The Kier molecular flexibility index (Phi) is 5.35. The fourth-order valence-corrected chi connectivity index (χ4v) is 3.70. The van der Waals surface area contributed by atoms with Crippen molar-refractivity contribution in [1.29, 1.82) is 0 Å². The average Bonchev–Trinajstić information content (AvgIpc) is 3.07. The molecule has 1 N–H and O–H groups in total. The summed E-state index contributed by atoms with van der Waals surface area (Å²) in [4.78, 5) is 23.0. The summed E-state index contributed by atoms with van der Waals surface area (Å²) in [5.74, 6) is -1.55. The molecule has 9 heteroatoms. The van der Waals surface area contributed by atoms with Crippen LogP contribution in [0.1, 0.15) is 10.4 Å². The molecule has 0 unspecified atom stereocenters. The fraction of sp³-hybridized carbons (Fsp3) is 0.143. The number of benzene rings is 1. The largest absolute Gasteiger partial charge is 0.466 e. The van der Waals surface area contributed by atoms with E-state index in [0.29, 0.717) is 0 Å². The molecule has 0 amide bonds. The van der Waals surface area contributed by atoms with Gasteiger partial charge >= 0.3 is 11.9 Å². The van der Waals surface area contributed by atoms with Crippen LogP contribution in [0.3, 0.4) is 0 Å². The van der Waals surface area contributed by atoms with E-state index in [0.717, 1.165) is 11.3 Å². The summed E-state index contributed by atoms with van der Waals surface area (Å²) in [5.41, 5.74) is 0.0623. The Morgan fingerprint density at radius 3 is 2.57 bits per heavy atom. The second kappa shape index (κ2) is 7.25. The van der Waals surface area contributed by atoms with Gasteiger partial charge in [0, 0.05) is 0 Å². The summed E-state index contributed by atoms with van der Waals surface area (Å²) < 4.78 is 36.1. The highest BCUT2D eigenvalue weighted by molar-refractivity contribution is 7.94. The molecule has 2 rings (SSSR count). The first-order valence-electron chi connectivity index (χ1n) is 6.33. The average molecular weight is 355 g/mol. The highest BCUT2D eigenvalue weighted by atomic mass is 32.2. The van der Waals surface area contributed by atoms with Gasteiger partial charge < -0.3 is 9.47 Å². The molecule has 2 aromatic rings. The number of carbonyl (C=O) groups excluding carboxylic acids is 2. The van der Waals surface area contributed by atoms with E-state index in [1.54, 1.807) is 23.6 Å². The van der Waals surface area contributed by atoms with Gasteiger partial charge in [-0.2, -0.15) is 0 Å². The van der Waals surface area contributed by atoms with Gasteiger partial charge in [-0.1, -0.05) is 18.2 Å². The molecule has 0 aliphatic rings. The Bertz CT molecular complexity index is 798. The SMILES string of the molecule is COC(=O)COC(=O)c1ccccc1NS(=O)(=O)c1cccs1. The zero-order valence-corrected chi connectivity index (χ0v) is 13.6. The van der Waals surface area contributed by atoms with Crippen molar-refractivity contribution in [2.45, 2.75) is 4.21 Å². The van der Waals surface area contributed by atoms with E-state index >= 15 is 0 Å². The zero-order valence-electron chi connectivity index (χ0n) is 12.0. The zero-order chi connectivity index (χ0) is 16.9. The van der Waals surface area contributed by atoms with E-state index in [1.807, 2.05) is 0 Å². The number of esters is 2. The maximum Gasteiger partial charge on any atom is 0.344 e. The normalized spacial score (nSPS) is 10.8. The van der Waals surface area contributed by atoms with Crippen LogP contribution >= 0.6 is 11.3 Å². The number of para-hydroxylation sites is 1. The molecule has 122 valence electrons. The number of thiophene rings is 1. The van der Waals surface area contributed by atoms with Crippen molar-refractivity contribution in [2.24, 2.45) is 0 Å². The Morgan fingerprint density at radius 1 is 1.17 bits per heavy atom. The standard InChI is InChI=1S/C14H13NO6S2/c1-20-12(16)9-21-14(17)10-5-2-3-6-11(10)15-23(18,19)13-7-4-8-22-13/h2-8,15H,9H2,1H3. The molecule has 0 atom stereocenters. The van der Waals surface area contributed by atoms with Crippen LogP contribution in [-0.4, -0.2) is 34.1 Å². The summed E-state index contributed by atoms with van der Waals surface area (Å²) in [6, 6.07) is 9.01. The quantitative estimate of drug-likeness (QED) is 0.795. The second-order valence-electron chi connectivity index (χ2n) is 4.24. The fourth-order valence-electron chi connectivity index (χ4n) is 1.62. The number of ether oxygens (including phenoxy) is 2. The van der Waals surface area contributed by atoms with E-state index in [4.69, 9.17) is 4.74 Å². The van der Waals surface area contributed by atoms with Crippen molar-refractivity contribution in [3.8, 4) is 0 Å². The molecule has 1 aromatic heterocycles. The van der Waals surface area contributed by atoms with Gasteiger partial charge in [-0.25, -0.2) is 18.0 Å². The molecule has 0 aliphatic heterocycles. The molecular weight excluding hydrogens is 342 g/mol. The van der Waals surface area contributed by atoms with Crippen LogP contribution in [0, 0.1) is 0 Å². The van der Waals surface area contributed by atoms with E-state index in [1.165, 1.54) is 25.3 Å². The van der Waals surface area contributed by atoms with E-state index < -0.39 is 28.6 Å². The van der Waals surface area contributed by atoms with Crippen molar-refractivity contribution < 1.29 is 27.5 Å². The van der Waals surface area contributed by atoms with E-state index in [9.17, 15) is 18.0 Å². The van der Waals surface area contributed by atoms with E-state index in [2.05, 4.69) is 9.46 Å². The van der Waals surface area contributed by atoms with Crippen molar-refractivity contribution >= 4 is 39.0 Å². The van der Waals surface area contributed by atoms with Gasteiger partial charge in [0.15, 0.2) is 6.61 Å². The smallest absolute Gasteiger partial charge is 0.344 e. The lowest BCUT2D eigenvalue weighted by Gasteiger charge is -2.11. The summed E-state index contributed by atoms with van der Waals surface area (Å²) in [5, 5.41) is 1.63. The van der Waals surface area contributed by atoms with Gasteiger partial charge in [0.1, 0.15) is 4.21 Å². The predicted molar refractivity (Wildman–Crippen MR) is 83.9 cm³/mol. The molecule has 0 fully saturated rings. The Labute approximate surface area is 136 Å². The van der Waals surface area contributed by atoms with Crippen molar-refractivity contribution in [3.05, 3.63) is 47.3 Å². The summed E-state index contributed by atoms with van der Waals surface area (Å²) in [6.45, 7) is -0.554. The number of carbonyl (C=O) groups is 2. The first-order valence-corrected chi connectivity index (χ1v) is 8.69. The first-order chi connectivity index (χ1) is 10.9. The molecule has 0 radical (unpaired) electrons. The van der Waals surface area contributed by atoms with Gasteiger partial charge in [0.2, 0.25) is 0 Å². The molecule has 1 heterocycles. The minimum atomic E-state index is -3.79. The predicted octanol–water partition coefficient (Wildman–Crippen LogP) is 1.88.